The zero-order valence-electron chi connectivity index (χ0n) is 18.4. The largest absolute Gasteiger partial charge is 0.426 e. The third kappa shape index (κ3) is 4.80. The monoisotopic (exact) mass is 474 g/mol. The molecule has 1 fully saturated rings. The molecule has 0 aromatic heterocycles. The predicted molar refractivity (Wildman–Crippen MR) is 126 cm³/mol. The molecule has 2 aromatic carbocycles. The van der Waals surface area contributed by atoms with E-state index in [0.717, 1.165) is 42.6 Å². The van der Waals surface area contributed by atoms with Crippen molar-refractivity contribution in [3.8, 4) is 5.75 Å². The molecule has 1 saturated heterocycles. The van der Waals surface area contributed by atoms with Gasteiger partial charge in [-0.15, -0.1) is 0 Å². The Hall–Kier alpha value is -2.08. The molecule has 170 valence electrons. The minimum Gasteiger partial charge on any atom is -0.426 e. The maximum absolute atomic E-state index is 13.4. The first-order chi connectivity index (χ1) is 15.3. The summed E-state index contributed by atoms with van der Waals surface area (Å²) in [6.07, 6.45) is 4.36. The molecule has 2 aromatic rings. The Kier molecular flexibility index (Phi) is 7.08. The number of likely N-dealkylation sites (N-methyl/N-ethyl adjacent to an activating group) is 1. The summed E-state index contributed by atoms with van der Waals surface area (Å²) in [6.45, 7) is 3.52. The Bertz CT molecular complexity index is 1020. The fraction of sp³-hybridized carbons (Fsp3) is 0.440. The van der Waals surface area contributed by atoms with Crippen LogP contribution in [0.5, 0.6) is 5.75 Å². The second-order valence-corrected chi connectivity index (χ2v) is 9.46. The summed E-state index contributed by atoms with van der Waals surface area (Å²) in [5.74, 6) is 0.286. The van der Waals surface area contributed by atoms with Gasteiger partial charge >= 0.3 is 5.97 Å². The van der Waals surface area contributed by atoms with E-state index >= 15 is 0 Å². The van der Waals surface area contributed by atoms with E-state index in [1.54, 1.807) is 12.1 Å². The minimum atomic E-state index is -0.333. The summed E-state index contributed by atoms with van der Waals surface area (Å²) in [6, 6.07) is 11.3. The zero-order valence-corrected chi connectivity index (χ0v) is 20.0. The molecule has 7 heteroatoms. The maximum Gasteiger partial charge on any atom is 0.308 e. The Morgan fingerprint density at radius 3 is 2.56 bits per heavy atom. The molecule has 2 atom stereocenters. The van der Waals surface area contributed by atoms with Crippen molar-refractivity contribution in [3.63, 3.8) is 0 Å². The molecule has 5 nitrogen and oxygen atoms in total. The summed E-state index contributed by atoms with van der Waals surface area (Å²) < 4.78 is 5.50. The van der Waals surface area contributed by atoms with Gasteiger partial charge in [-0.1, -0.05) is 41.4 Å². The number of amides is 1. The molecular weight excluding hydrogens is 447 g/mol. The third-order valence-corrected chi connectivity index (χ3v) is 7.29. The summed E-state index contributed by atoms with van der Waals surface area (Å²) in [5, 5.41) is 0.924. The zero-order chi connectivity index (χ0) is 22.8. The van der Waals surface area contributed by atoms with Crippen LogP contribution in [0.15, 0.2) is 36.4 Å². The van der Waals surface area contributed by atoms with Crippen molar-refractivity contribution in [2.45, 2.75) is 51.1 Å². The van der Waals surface area contributed by atoms with E-state index < -0.39 is 0 Å². The molecular formula is C25H28Cl2N2O3. The van der Waals surface area contributed by atoms with Crippen LogP contribution in [0.3, 0.4) is 0 Å². The van der Waals surface area contributed by atoms with E-state index in [4.69, 9.17) is 27.9 Å². The van der Waals surface area contributed by atoms with Crippen LogP contribution < -0.4 is 4.74 Å². The van der Waals surface area contributed by atoms with Gasteiger partial charge in [-0.2, -0.15) is 0 Å². The smallest absolute Gasteiger partial charge is 0.308 e. The molecule has 0 N–H and O–H groups in total. The molecule has 0 bridgehead atoms. The fourth-order valence-electron chi connectivity index (χ4n) is 5.06. The molecule has 1 aliphatic heterocycles. The first-order valence-electron chi connectivity index (χ1n) is 11.1. The highest BCUT2D eigenvalue weighted by molar-refractivity contribution is 6.42. The average Bonchev–Trinajstić information content (AvgIpc) is 3.29. The Morgan fingerprint density at radius 2 is 1.88 bits per heavy atom. The normalized spacial score (nSPS) is 20.6. The van der Waals surface area contributed by atoms with Crippen LogP contribution >= 0.6 is 23.2 Å². The van der Waals surface area contributed by atoms with Crippen LogP contribution in [0.25, 0.3) is 0 Å². The van der Waals surface area contributed by atoms with Crippen LogP contribution in [0.1, 0.15) is 48.9 Å². The SMILES string of the molecule is CC(=O)Oc1cccc2c1CCC(N1CCCC1)C2N(C)C(=O)Cc1ccc(Cl)c(Cl)c1. The average molecular weight is 475 g/mol. The van der Waals surface area contributed by atoms with Crippen molar-refractivity contribution in [3.05, 3.63) is 63.1 Å². The van der Waals surface area contributed by atoms with Crippen molar-refractivity contribution in [1.29, 1.82) is 0 Å². The van der Waals surface area contributed by atoms with Crippen LogP contribution in [-0.4, -0.2) is 47.9 Å². The number of carbonyl (C=O) groups excluding carboxylic acids is 2. The highest BCUT2D eigenvalue weighted by Crippen LogP contribution is 2.41. The molecule has 1 heterocycles. The maximum atomic E-state index is 13.4. The summed E-state index contributed by atoms with van der Waals surface area (Å²) in [4.78, 5) is 29.4. The number of likely N-dealkylation sites (tertiary alicyclic amines) is 1. The molecule has 32 heavy (non-hydrogen) atoms. The van der Waals surface area contributed by atoms with E-state index in [2.05, 4.69) is 11.0 Å². The van der Waals surface area contributed by atoms with Crippen molar-refractivity contribution in [2.24, 2.45) is 0 Å². The van der Waals surface area contributed by atoms with Crippen molar-refractivity contribution < 1.29 is 14.3 Å². The van der Waals surface area contributed by atoms with Gasteiger partial charge in [-0.25, -0.2) is 0 Å². The third-order valence-electron chi connectivity index (χ3n) is 6.56. The Balaban J connectivity index is 1.66. The highest BCUT2D eigenvalue weighted by Gasteiger charge is 2.39. The van der Waals surface area contributed by atoms with E-state index in [1.807, 2.05) is 30.1 Å². The molecule has 0 radical (unpaired) electrons. The predicted octanol–water partition coefficient (Wildman–Crippen LogP) is 5.07. The second-order valence-electron chi connectivity index (χ2n) is 8.64. The molecule has 1 amide bonds. The minimum absolute atomic E-state index is 0.0170. The van der Waals surface area contributed by atoms with Gasteiger partial charge in [0.2, 0.25) is 5.91 Å². The number of hydrogen-bond donors (Lipinski definition) is 0. The summed E-state index contributed by atoms with van der Waals surface area (Å²) >= 11 is 12.2. The van der Waals surface area contributed by atoms with Gasteiger partial charge in [0.05, 0.1) is 22.5 Å². The number of esters is 1. The van der Waals surface area contributed by atoms with Crippen LogP contribution in [0.4, 0.5) is 0 Å². The van der Waals surface area contributed by atoms with E-state index in [9.17, 15) is 9.59 Å². The molecule has 4 rings (SSSR count). The van der Waals surface area contributed by atoms with Gasteiger partial charge in [0.15, 0.2) is 0 Å². The first-order valence-corrected chi connectivity index (χ1v) is 11.8. The van der Waals surface area contributed by atoms with Crippen molar-refractivity contribution in [2.75, 3.05) is 20.1 Å². The van der Waals surface area contributed by atoms with Gasteiger partial charge in [0, 0.05) is 25.6 Å². The highest BCUT2D eigenvalue weighted by atomic mass is 35.5. The number of benzene rings is 2. The van der Waals surface area contributed by atoms with Gasteiger partial charge < -0.3 is 9.64 Å². The Morgan fingerprint density at radius 1 is 1.12 bits per heavy atom. The summed E-state index contributed by atoms with van der Waals surface area (Å²) in [7, 11) is 1.88. The van der Waals surface area contributed by atoms with Gasteiger partial charge in [-0.05, 0) is 68.1 Å². The fourth-order valence-corrected chi connectivity index (χ4v) is 5.38. The lowest BCUT2D eigenvalue weighted by Crippen LogP contribution is -2.48. The number of ether oxygens (including phenoxy) is 1. The van der Waals surface area contributed by atoms with Crippen LogP contribution in [-0.2, 0) is 22.4 Å². The van der Waals surface area contributed by atoms with Crippen LogP contribution in [0, 0.1) is 0 Å². The second kappa shape index (κ2) is 9.82. The van der Waals surface area contributed by atoms with Gasteiger partial charge in [-0.3, -0.25) is 14.5 Å². The summed E-state index contributed by atoms with van der Waals surface area (Å²) in [5.41, 5.74) is 2.92. The number of carbonyl (C=O) groups is 2. The lowest BCUT2D eigenvalue weighted by molar-refractivity contribution is -0.134. The van der Waals surface area contributed by atoms with E-state index in [-0.39, 0.29) is 30.4 Å². The number of halogens is 2. The van der Waals surface area contributed by atoms with E-state index in [0.29, 0.717) is 15.8 Å². The number of fused-ring (bicyclic) bond motifs is 1. The molecule has 1 aliphatic carbocycles. The number of hydrogen-bond acceptors (Lipinski definition) is 4. The first kappa shape index (κ1) is 23.1. The van der Waals surface area contributed by atoms with Gasteiger partial charge in [0.1, 0.15) is 5.75 Å². The standard InChI is InChI=1S/C25H28Cl2N2O3/c1-16(30)32-23-7-5-6-19-18(23)9-11-22(29-12-3-4-13-29)25(19)28(2)24(31)15-17-8-10-20(26)21(27)14-17/h5-8,10,14,22,25H,3-4,9,11-13,15H2,1-2H3. The number of nitrogens with zero attached hydrogens (tertiary/aromatic N) is 2. The van der Waals surface area contributed by atoms with Crippen molar-refractivity contribution >= 4 is 35.1 Å². The van der Waals surface area contributed by atoms with Crippen molar-refractivity contribution in [1.82, 2.24) is 9.80 Å². The lowest BCUT2D eigenvalue weighted by atomic mass is 9.81. The Labute approximate surface area is 199 Å². The van der Waals surface area contributed by atoms with E-state index in [1.165, 1.54) is 19.8 Å². The molecule has 0 saturated carbocycles. The molecule has 2 unspecified atom stereocenters. The topological polar surface area (TPSA) is 49.9 Å². The quantitative estimate of drug-likeness (QED) is 0.448. The lowest BCUT2D eigenvalue weighted by Gasteiger charge is -2.44. The van der Waals surface area contributed by atoms with Gasteiger partial charge in [0.25, 0.3) is 0 Å². The molecule has 0 spiro atoms. The molecule has 2 aliphatic rings. The van der Waals surface area contributed by atoms with Crippen LogP contribution in [0.2, 0.25) is 10.0 Å². The number of rotatable bonds is 5.